The molecule has 0 atom stereocenters. The van der Waals surface area contributed by atoms with Crippen LogP contribution >= 0.6 is 11.3 Å². The molecule has 0 bridgehead atoms. The molecule has 1 fully saturated rings. The van der Waals surface area contributed by atoms with Gasteiger partial charge in [0.2, 0.25) is 0 Å². The van der Waals surface area contributed by atoms with Gasteiger partial charge in [-0.25, -0.2) is 4.68 Å². The van der Waals surface area contributed by atoms with Gasteiger partial charge in [-0.3, -0.25) is 14.7 Å². The van der Waals surface area contributed by atoms with Crippen molar-refractivity contribution in [1.82, 2.24) is 24.9 Å². The van der Waals surface area contributed by atoms with Gasteiger partial charge in [0.15, 0.2) is 0 Å². The van der Waals surface area contributed by atoms with Crippen molar-refractivity contribution in [3.8, 4) is 16.3 Å². The Balaban J connectivity index is 1.40. The van der Waals surface area contributed by atoms with E-state index in [2.05, 4.69) is 25.5 Å². The fourth-order valence-electron chi connectivity index (χ4n) is 4.25. The molecule has 0 unspecified atom stereocenters. The molecule has 5 rings (SSSR count). The van der Waals surface area contributed by atoms with Gasteiger partial charge in [0.25, 0.3) is 5.91 Å². The minimum absolute atomic E-state index is 0.0330. The number of rotatable bonds is 6. The molecule has 0 saturated carbocycles. The molecule has 1 saturated heterocycles. The third-order valence-electron chi connectivity index (χ3n) is 6.08. The van der Waals surface area contributed by atoms with Crippen molar-refractivity contribution < 1.29 is 18.0 Å². The first-order valence-corrected chi connectivity index (χ1v) is 12.3. The van der Waals surface area contributed by atoms with E-state index in [-0.39, 0.29) is 5.56 Å². The first kappa shape index (κ1) is 24.1. The van der Waals surface area contributed by atoms with Gasteiger partial charge in [0, 0.05) is 24.0 Å². The maximum Gasteiger partial charge on any atom is 0.416 e. The Morgan fingerprint density at radius 1 is 1.14 bits per heavy atom. The lowest BCUT2D eigenvalue weighted by Crippen LogP contribution is -2.20. The molecular formula is C25H23F3N6OS. The maximum atomic E-state index is 13.6. The SMILES string of the molecule is Cc1ccc(NC(=O)c2cc(CN3CCCC3)cc(C(F)(F)F)c2)cc1-n1cc(-c2cncs2)nn1. The molecule has 0 spiro atoms. The molecule has 0 aliphatic carbocycles. The third-order valence-corrected chi connectivity index (χ3v) is 6.87. The van der Waals surface area contributed by atoms with Crippen LogP contribution in [0.4, 0.5) is 18.9 Å². The molecule has 36 heavy (non-hydrogen) atoms. The van der Waals surface area contributed by atoms with E-state index in [0.29, 0.717) is 29.2 Å². The number of thiazole rings is 1. The number of amides is 1. The minimum Gasteiger partial charge on any atom is -0.322 e. The Hall–Kier alpha value is -3.57. The molecule has 1 N–H and O–H groups in total. The quantitative estimate of drug-likeness (QED) is 0.366. The Labute approximate surface area is 209 Å². The number of nitrogens with zero attached hydrogens (tertiary/aromatic N) is 5. The van der Waals surface area contributed by atoms with Gasteiger partial charge in [-0.05, 0) is 74.3 Å². The fraction of sp³-hybridized carbons (Fsp3) is 0.280. The molecule has 11 heteroatoms. The van der Waals surface area contributed by atoms with Crippen molar-refractivity contribution in [1.29, 1.82) is 0 Å². The number of aromatic nitrogens is 4. The summed E-state index contributed by atoms with van der Waals surface area (Å²) in [5, 5.41) is 11.1. The first-order chi connectivity index (χ1) is 17.3. The number of hydrogen-bond acceptors (Lipinski definition) is 6. The summed E-state index contributed by atoms with van der Waals surface area (Å²) in [6.45, 7) is 3.97. The van der Waals surface area contributed by atoms with Crippen LogP contribution in [0.2, 0.25) is 0 Å². The summed E-state index contributed by atoms with van der Waals surface area (Å²) >= 11 is 1.44. The molecule has 7 nitrogen and oxygen atoms in total. The standard InChI is InChI=1S/C25H23F3N6OS/c1-16-4-5-20(11-22(16)34-14-21(31-32-34)23-12-29-15-36-23)30-24(35)18-8-17(13-33-6-2-3-7-33)9-19(10-18)25(26,27)28/h4-5,8-12,14-15H,2-3,6-7,13H2,1H3,(H,30,35). The average molecular weight is 513 g/mol. The van der Waals surface area contributed by atoms with Crippen LogP contribution in [-0.4, -0.2) is 43.9 Å². The number of likely N-dealkylation sites (tertiary alicyclic amines) is 1. The number of hydrogen-bond donors (Lipinski definition) is 1. The van der Waals surface area contributed by atoms with Gasteiger partial charge >= 0.3 is 6.18 Å². The molecule has 1 aliphatic heterocycles. The summed E-state index contributed by atoms with van der Waals surface area (Å²) in [7, 11) is 0. The number of anilines is 1. The maximum absolute atomic E-state index is 13.6. The summed E-state index contributed by atoms with van der Waals surface area (Å²) in [5.74, 6) is -0.609. The molecular weight excluding hydrogens is 489 g/mol. The van der Waals surface area contributed by atoms with Crippen LogP contribution in [0.25, 0.3) is 16.3 Å². The largest absolute Gasteiger partial charge is 0.416 e. The smallest absolute Gasteiger partial charge is 0.322 e. The van der Waals surface area contributed by atoms with E-state index in [0.717, 1.165) is 48.5 Å². The Bertz CT molecular complexity index is 1380. The molecule has 186 valence electrons. The number of carbonyl (C=O) groups is 1. The highest BCUT2D eigenvalue weighted by Crippen LogP contribution is 2.32. The normalized spacial score (nSPS) is 14.3. The molecule has 2 aromatic heterocycles. The molecule has 1 aliphatic rings. The topological polar surface area (TPSA) is 75.9 Å². The Morgan fingerprint density at radius 2 is 1.94 bits per heavy atom. The fourth-order valence-corrected chi connectivity index (χ4v) is 4.82. The number of nitrogens with one attached hydrogen (secondary N) is 1. The van der Waals surface area contributed by atoms with E-state index in [1.54, 1.807) is 34.7 Å². The van der Waals surface area contributed by atoms with Gasteiger partial charge in [0.05, 0.1) is 27.8 Å². The second-order valence-electron chi connectivity index (χ2n) is 8.77. The predicted molar refractivity (Wildman–Crippen MR) is 131 cm³/mol. The number of carbonyl (C=O) groups excluding carboxylic acids is 1. The number of aryl methyl sites for hydroxylation is 1. The van der Waals surface area contributed by atoms with Crippen molar-refractivity contribution in [3.63, 3.8) is 0 Å². The first-order valence-electron chi connectivity index (χ1n) is 11.4. The van der Waals surface area contributed by atoms with Crippen molar-refractivity contribution in [2.75, 3.05) is 18.4 Å². The van der Waals surface area contributed by atoms with E-state index in [9.17, 15) is 18.0 Å². The van der Waals surface area contributed by atoms with Crippen LogP contribution in [0, 0.1) is 6.92 Å². The van der Waals surface area contributed by atoms with Crippen LogP contribution in [0.1, 0.15) is 39.9 Å². The highest BCUT2D eigenvalue weighted by Gasteiger charge is 2.32. The van der Waals surface area contributed by atoms with E-state index < -0.39 is 17.6 Å². The third kappa shape index (κ3) is 5.31. The highest BCUT2D eigenvalue weighted by molar-refractivity contribution is 7.13. The van der Waals surface area contributed by atoms with Crippen LogP contribution < -0.4 is 5.32 Å². The van der Waals surface area contributed by atoms with Crippen LogP contribution in [0.15, 0.2) is 54.3 Å². The highest BCUT2D eigenvalue weighted by atomic mass is 32.1. The van der Waals surface area contributed by atoms with Gasteiger partial charge in [-0.1, -0.05) is 11.3 Å². The lowest BCUT2D eigenvalue weighted by Gasteiger charge is -2.17. The predicted octanol–water partition coefficient (Wildman–Crippen LogP) is 5.57. The van der Waals surface area contributed by atoms with E-state index in [1.165, 1.54) is 17.4 Å². The average Bonchev–Trinajstić information content (AvgIpc) is 3.62. The van der Waals surface area contributed by atoms with Crippen LogP contribution in [0.3, 0.4) is 0 Å². The molecule has 3 heterocycles. The van der Waals surface area contributed by atoms with Gasteiger partial charge < -0.3 is 5.32 Å². The van der Waals surface area contributed by atoms with Crippen molar-refractivity contribution in [2.45, 2.75) is 32.5 Å². The second kappa shape index (κ2) is 9.82. The zero-order valence-corrected chi connectivity index (χ0v) is 20.2. The monoisotopic (exact) mass is 512 g/mol. The van der Waals surface area contributed by atoms with Crippen molar-refractivity contribution in [3.05, 3.63) is 76.6 Å². The van der Waals surface area contributed by atoms with Crippen molar-refractivity contribution in [2.24, 2.45) is 0 Å². The van der Waals surface area contributed by atoms with Gasteiger partial charge in [0.1, 0.15) is 5.69 Å². The lowest BCUT2D eigenvalue weighted by molar-refractivity contribution is -0.137. The summed E-state index contributed by atoms with van der Waals surface area (Å²) in [6.07, 6.45) is 0.976. The summed E-state index contributed by atoms with van der Waals surface area (Å²) in [5.41, 5.74) is 4.01. The number of halogens is 3. The van der Waals surface area contributed by atoms with E-state index in [4.69, 9.17) is 0 Å². The van der Waals surface area contributed by atoms with Crippen LogP contribution in [-0.2, 0) is 12.7 Å². The zero-order valence-electron chi connectivity index (χ0n) is 19.4. The summed E-state index contributed by atoms with van der Waals surface area (Å²) in [4.78, 5) is 20.1. The molecule has 1 amide bonds. The van der Waals surface area contributed by atoms with Gasteiger partial charge in [-0.15, -0.1) is 16.4 Å². The Kier molecular flexibility index (Phi) is 6.59. The van der Waals surface area contributed by atoms with Crippen molar-refractivity contribution >= 4 is 22.9 Å². The lowest BCUT2D eigenvalue weighted by atomic mass is 10.0. The molecule has 2 aromatic carbocycles. The Morgan fingerprint density at radius 3 is 2.67 bits per heavy atom. The summed E-state index contributed by atoms with van der Waals surface area (Å²) < 4.78 is 42.3. The zero-order chi connectivity index (χ0) is 25.3. The van der Waals surface area contributed by atoms with E-state index in [1.807, 2.05) is 13.0 Å². The summed E-state index contributed by atoms with van der Waals surface area (Å²) in [6, 6.07) is 8.80. The van der Waals surface area contributed by atoms with E-state index >= 15 is 0 Å². The molecule has 0 radical (unpaired) electrons. The van der Waals surface area contributed by atoms with Gasteiger partial charge in [-0.2, -0.15) is 13.2 Å². The second-order valence-corrected chi connectivity index (χ2v) is 9.66. The number of alkyl halides is 3. The molecule has 4 aromatic rings. The number of benzene rings is 2. The minimum atomic E-state index is -4.55. The van der Waals surface area contributed by atoms with Crippen LogP contribution in [0.5, 0.6) is 0 Å².